The van der Waals surface area contributed by atoms with Crippen LogP contribution < -0.4 is 10.0 Å². The first-order valence-corrected chi connectivity index (χ1v) is 11.9. The molecule has 1 amide bonds. The van der Waals surface area contributed by atoms with Gasteiger partial charge >= 0.3 is 5.97 Å². The highest BCUT2D eigenvalue weighted by Crippen LogP contribution is 2.40. The van der Waals surface area contributed by atoms with Gasteiger partial charge < -0.3 is 10.1 Å². The lowest BCUT2D eigenvalue weighted by atomic mass is 10.3. The second kappa shape index (κ2) is 9.00. The van der Waals surface area contributed by atoms with Crippen LogP contribution in [0.4, 0.5) is 5.82 Å². The molecule has 31 heavy (non-hydrogen) atoms. The molecule has 2 heterocycles. The van der Waals surface area contributed by atoms with Crippen molar-refractivity contribution in [2.45, 2.75) is 23.0 Å². The van der Waals surface area contributed by atoms with Crippen LogP contribution in [0.2, 0.25) is 0 Å². The van der Waals surface area contributed by atoms with Crippen molar-refractivity contribution in [1.29, 1.82) is 0 Å². The van der Waals surface area contributed by atoms with Gasteiger partial charge in [-0.15, -0.1) is 11.3 Å². The molecule has 0 radical (unpaired) electrons. The predicted molar refractivity (Wildman–Crippen MR) is 115 cm³/mol. The number of para-hydroxylation sites is 1. The SMILES string of the molecule is O=C(COC(=O)CNS(=O)(=O)c1cccs1)Nc1cc(C2CC2)nn1-c1ccccc1. The van der Waals surface area contributed by atoms with Gasteiger partial charge in [0.05, 0.1) is 11.4 Å². The molecular formula is C20H20N4O5S2. The largest absolute Gasteiger partial charge is 0.455 e. The summed E-state index contributed by atoms with van der Waals surface area (Å²) in [4.78, 5) is 24.2. The number of amides is 1. The maximum atomic E-state index is 12.3. The Balaban J connectivity index is 1.33. The van der Waals surface area contributed by atoms with Crippen LogP contribution in [0, 0.1) is 0 Å². The van der Waals surface area contributed by atoms with Crippen LogP contribution in [0.15, 0.2) is 58.1 Å². The van der Waals surface area contributed by atoms with Crippen molar-refractivity contribution < 1.29 is 22.7 Å². The quantitative estimate of drug-likeness (QED) is 0.473. The molecule has 3 aromatic rings. The molecule has 0 aliphatic heterocycles. The average molecular weight is 461 g/mol. The standard InChI is InChI=1S/C20H20N4O5S2/c25-18(13-29-19(26)12-21-31(27,28)20-7-4-10-30-20)22-17-11-16(14-8-9-14)23-24(17)15-5-2-1-3-6-15/h1-7,10-11,14,21H,8-9,12-13H2,(H,22,25). The molecule has 2 aromatic heterocycles. The van der Waals surface area contributed by atoms with Gasteiger partial charge in [0.25, 0.3) is 15.9 Å². The van der Waals surface area contributed by atoms with E-state index in [2.05, 4.69) is 15.1 Å². The number of aromatic nitrogens is 2. The third-order valence-electron chi connectivity index (χ3n) is 4.52. The lowest BCUT2D eigenvalue weighted by molar-refractivity contribution is -0.146. The minimum absolute atomic E-state index is 0.0960. The zero-order chi connectivity index (χ0) is 21.8. The van der Waals surface area contributed by atoms with E-state index in [0.717, 1.165) is 35.6 Å². The number of sulfonamides is 1. The highest BCUT2D eigenvalue weighted by molar-refractivity contribution is 7.91. The first kappa shape index (κ1) is 21.2. The van der Waals surface area contributed by atoms with Gasteiger partial charge in [-0.2, -0.15) is 9.82 Å². The summed E-state index contributed by atoms with van der Waals surface area (Å²) < 4.78 is 32.8. The minimum Gasteiger partial charge on any atom is -0.455 e. The fourth-order valence-corrected chi connectivity index (χ4v) is 4.86. The van der Waals surface area contributed by atoms with E-state index >= 15 is 0 Å². The number of hydrogen-bond donors (Lipinski definition) is 2. The Hall–Kier alpha value is -3.02. The first-order valence-electron chi connectivity index (χ1n) is 9.56. The van der Waals surface area contributed by atoms with Crippen LogP contribution in [0.25, 0.3) is 5.69 Å². The Bertz CT molecular complexity index is 1170. The third-order valence-corrected chi connectivity index (χ3v) is 7.32. The molecule has 0 saturated heterocycles. The number of anilines is 1. The minimum atomic E-state index is -3.78. The summed E-state index contributed by atoms with van der Waals surface area (Å²) in [6.45, 7) is -1.11. The molecule has 4 rings (SSSR count). The van der Waals surface area contributed by atoms with Gasteiger partial charge in [-0.25, -0.2) is 13.1 Å². The van der Waals surface area contributed by atoms with E-state index in [0.29, 0.717) is 11.7 Å². The Morgan fingerprint density at radius 1 is 1.16 bits per heavy atom. The van der Waals surface area contributed by atoms with E-state index in [4.69, 9.17) is 4.74 Å². The highest BCUT2D eigenvalue weighted by atomic mass is 32.2. The van der Waals surface area contributed by atoms with Crippen LogP contribution >= 0.6 is 11.3 Å². The molecule has 0 spiro atoms. The lowest BCUT2D eigenvalue weighted by Gasteiger charge is -2.09. The number of hydrogen-bond acceptors (Lipinski definition) is 7. The summed E-state index contributed by atoms with van der Waals surface area (Å²) >= 11 is 1.03. The maximum Gasteiger partial charge on any atom is 0.321 e. The smallest absolute Gasteiger partial charge is 0.321 e. The zero-order valence-electron chi connectivity index (χ0n) is 16.4. The molecule has 1 aliphatic rings. The number of carbonyl (C=O) groups is 2. The number of rotatable bonds is 9. The van der Waals surface area contributed by atoms with Gasteiger partial charge in [-0.3, -0.25) is 9.59 Å². The fourth-order valence-electron chi connectivity index (χ4n) is 2.85. The predicted octanol–water partition coefficient (Wildman–Crippen LogP) is 2.27. The maximum absolute atomic E-state index is 12.3. The molecule has 1 fully saturated rings. The van der Waals surface area contributed by atoms with Crippen LogP contribution in [-0.4, -0.2) is 43.2 Å². The molecule has 0 unspecified atom stereocenters. The summed E-state index contributed by atoms with van der Waals surface area (Å²) in [5.41, 5.74) is 1.70. The third kappa shape index (κ3) is 5.37. The van der Waals surface area contributed by atoms with E-state index in [1.807, 2.05) is 36.4 Å². The Morgan fingerprint density at radius 3 is 2.61 bits per heavy atom. The normalized spacial score (nSPS) is 13.7. The number of thiophene rings is 1. The van der Waals surface area contributed by atoms with Crippen LogP contribution in [0.5, 0.6) is 0 Å². The molecule has 162 valence electrons. The molecule has 0 atom stereocenters. The fraction of sp³-hybridized carbons (Fsp3) is 0.250. The van der Waals surface area contributed by atoms with Gasteiger partial charge in [-0.05, 0) is 36.4 Å². The summed E-state index contributed by atoms with van der Waals surface area (Å²) in [5, 5.41) is 8.92. The molecule has 11 heteroatoms. The molecule has 9 nitrogen and oxygen atoms in total. The summed E-state index contributed by atoms with van der Waals surface area (Å²) in [7, 11) is -3.78. The van der Waals surface area contributed by atoms with Crippen molar-refractivity contribution in [3.8, 4) is 5.69 Å². The van der Waals surface area contributed by atoms with Crippen molar-refractivity contribution in [3.63, 3.8) is 0 Å². The summed E-state index contributed by atoms with van der Waals surface area (Å²) in [6, 6.07) is 14.2. The second-order valence-corrected chi connectivity index (χ2v) is 9.88. The van der Waals surface area contributed by atoms with E-state index in [1.165, 1.54) is 6.07 Å². The van der Waals surface area contributed by atoms with Gasteiger partial charge in [0.1, 0.15) is 16.6 Å². The van der Waals surface area contributed by atoms with Crippen LogP contribution in [0.3, 0.4) is 0 Å². The molecule has 0 bridgehead atoms. The number of carbonyl (C=O) groups excluding carboxylic acids is 2. The van der Waals surface area contributed by atoms with Crippen molar-refractivity contribution >= 4 is 39.1 Å². The summed E-state index contributed by atoms with van der Waals surface area (Å²) in [5.74, 6) is -0.526. The van der Waals surface area contributed by atoms with E-state index < -0.39 is 35.1 Å². The van der Waals surface area contributed by atoms with Crippen molar-refractivity contribution in [1.82, 2.24) is 14.5 Å². The van der Waals surface area contributed by atoms with Crippen molar-refractivity contribution in [3.05, 3.63) is 59.6 Å². The van der Waals surface area contributed by atoms with E-state index in [-0.39, 0.29) is 4.21 Å². The monoisotopic (exact) mass is 460 g/mol. The second-order valence-electron chi connectivity index (χ2n) is 6.94. The van der Waals surface area contributed by atoms with Gasteiger partial charge in [0.2, 0.25) is 0 Å². The van der Waals surface area contributed by atoms with Crippen LogP contribution in [-0.2, 0) is 24.3 Å². The van der Waals surface area contributed by atoms with Crippen LogP contribution in [0.1, 0.15) is 24.5 Å². The molecule has 1 saturated carbocycles. The van der Waals surface area contributed by atoms with Gasteiger partial charge in [0.15, 0.2) is 6.61 Å². The van der Waals surface area contributed by atoms with E-state index in [1.54, 1.807) is 16.1 Å². The average Bonchev–Trinajstić information content (AvgIpc) is 3.28. The number of nitrogens with zero attached hydrogens (tertiary/aromatic N) is 2. The number of nitrogens with one attached hydrogen (secondary N) is 2. The Labute approximate surface area is 183 Å². The first-order chi connectivity index (χ1) is 14.9. The molecular weight excluding hydrogens is 440 g/mol. The van der Waals surface area contributed by atoms with E-state index in [9.17, 15) is 18.0 Å². The van der Waals surface area contributed by atoms with Gasteiger partial charge in [-0.1, -0.05) is 24.3 Å². The number of esters is 1. The molecule has 2 N–H and O–H groups in total. The van der Waals surface area contributed by atoms with Crippen molar-refractivity contribution in [2.75, 3.05) is 18.5 Å². The Morgan fingerprint density at radius 2 is 1.94 bits per heavy atom. The zero-order valence-corrected chi connectivity index (χ0v) is 18.0. The Kier molecular flexibility index (Phi) is 6.16. The van der Waals surface area contributed by atoms with Crippen molar-refractivity contribution in [2.24, 2.45) is 0 Å². The van der Waals surface area contributed by atoms with Gasteiger partial charge in [0, 0.05) is 12.0 Å². The number of benzene rings is 1. The molecule has 1 aromatic carbocycles. The topological polar surface area (TPSA) is 119 Å². The number of ether oxygens (including phenoxy) is 1. The lowest BCUT2D eigenvalue weighted by Crippen LogP contribution is -2.32. The highest BCUT2D eigenvalue weighted by Gasteiger charge is 2.28. The summed E-state index contributed by atoms with van der Waals surface area (Å²) in [6.07, 6.45) is 2.14. The molecule has 1 aliphatic carbocycles.